The average Bonchev–Trinajstić information content (AvgIpc) is 2.67. The van der Waals surface area contributed by atoms with Gasteiger partial charge in [-0.3, -0.25) is 9.78 Å². The Morgan fingerprint density at radius 1 is 1.12 bits per heavy atom. The van der Waals surface area contributed by atoms with Crippen LogP contribution < -0.4 is 5.32 Å². The highest BCUT2D eigenvalue weighted by Crippen LogP contribution is 2.59. The Labute approximate surface area is 153 Å². The Morgan fingerprint density at radius 2 is 1.77 bits per heavy atom. The van der Waals surface area contributed by atoms with Gasteiger partial charge in [-0.05, 0) is 67.9 Å². The summed E-state index contributed by atoms with van der Waals surface area (Å²) in [5.41, 5.74) is 1.72. The first-order valence-electron chi connectivity index (χ1n) is 9.73. The lowest BCUT2D eigenvalue weighted by Gasteiger charge is -2.60. The molecule has 0 unspecified atom stereocenters. The molecule has 6 rings (SSSR count). The summed E-state index contributed by atoms with van der Waals surface area (Å²) < 4.78 is 6.12. The Balaban J connectivity index is 1.35. The maximum Gasteiger partial charge on any atom is 0.271 e. The van der Waals surface area contributed by atoms with E-state index >= 15 is 0 Å². The first-order chi connectivity index (χ1) is 12.7. The van der Waals surface area contributed by atoms with Crippen molar-refractivity contribution in [2.45, 2.75) is 37.7 Å². The highest BCUT2D eigenvalue weighted by molar-refractivity contribution is 5.93. The van der Waals surface area contributed by atoms with E-state index in [0.717, 1.165) is 22.9 Å². The van der Waals surface area contributed by atoms with E-state index in [1.54, 1.807) is 6.20 Å². The van der Waals surface area contributed by atoms with Gasteiger partial charge in [0.25, 0.3) is 5.91 Å². The fourth-order valence-electron chi connectivity index (χ4n) is 6.05. The van der Waals surface area contributed by atoms with Crippen LogP contribution in [0.1, 0.15) is 42.6 Å². The molecule has 4 fully saturated rings. The Hall–Kier alpha value is -2.01. The van der Waals surface area contributed by atoms with Gasteiger partial charge < -0.3 is 10.1 Å². The van der Waals surface area contributed by atoms with Crippen LogP contribution in [-0.2, 0) is 4.74 Å². The number of fused-ring (bicyclic) bond motifs is 1. The van der Waals surface area contributed by atoms with Crippen molar-refractivity contribution in [2.75, 3.05) is 13.7 Å². The van der Waals surface area contributed by atoms with E-state index in [0.29, 0.717) is 24.1 Å². The molecular formula is C21H25N3O2. The van der Waals surface area contributed by atoms with Gasteiger partial charge in [-0.15, -0.1) is 0 Å². The Kier molecular flexibility index (Phi) is 3.74. The third kappa shape index (κ3) is 2.44. The van der Waals surface area contributed by atoms with Crippen molar-refractivity contribution >= 4 is 16.9 Å². The monoisotopic (exact) mass is 351 g/mol. The number of para-hydroxylation sites is 2. The Bertz CT molecular complexity index is 822. The number of hydrogen-bond acceptors (Lipinski definition) is 4. The molecule has 0 aliphatic heterocycles. The van der Waals surface area contributed by atoms with Gasteiger partial charge in [0.15, 0.2) is 0 Å². The maximum absolute atomic E-state index is 12.7. The van der Waals surface area contributed by atoms with Crippen molar-refractivity contribution in [1.29, 1.82) is 0 Å². The molecule has 2 aromatic rings. The summed E-state index contributed by atoms with van der Waals surface area (Å²) >= 11 is 0. The number of rotatable bonds is 4. The van der Waals surface area contributed by atoms with Crippen LogP contribution in [0.2, 0.25) is 0 Å². The predicted octanol–water partition coefficient (Wildman–Crippen LogP) is 3.20. The van der Waals surface area contributed by atoms with E-state index in [1.165, 1.54) is 32.1 Å². The van der Waals surface area contributed by atoms with Crippen LogP contribution in [0, 0.1) is 23.7 Å². The zero-order chi connectivity index (χ0) is 17.7. The number of aromatic nitrogens is 2. The smallest absolute Gasteiger partial charge is 0.271 e. The van der Waals surface area contributed by atoms with Crippen molar-refractivity contribution in [2.24, 2.45) is 23.7 Å². The molecule has 0 saturated heterocycles. The molecule has 5 heteroatoms. The van der Waals surface area contributed by atoms with Gasteiger partial charge in [0.05, 0.1) is 22.8 Å². The van der Waals surface area contributed by atoms with E-state index in [9.17, 15) is 4.79 Å². The number of carbonyl (C=O) groups excluding carboxylic acids is 1. The lowest BCUT2D eigenvalue weighted by Crippen LogP contribution is -2.63. The molecule has 1 aromatic carbocycles. The summed E-state index contributed by atoms with van der Waals surface area (Å²) in [7, 11) is 1.82. The molecule has 1 heterocycles. The Morgan fingerprint density at radius 3 is 2.42 bits per heavy atom. The number of methoxy groups -OCH3 is 1. The van der Waals surface area contributed by atoms with Crippen LogP contribution in [-0.4, -0.2) is 35.1 Å². The van der Waals surface area contributed by atoms with E-state index in [1.807, 2.05) is 31.4 Å². The van der Waals surface area contributed by atoms with Crippen LogP contribution >= 0.6 is 0 Å². The summed E-state index contributed by atoms with van der Waals surface area (Å²) in [5.74, 6) is 2.75. The molecule has 1 aromatic heterocycles. The van der Waals surface area contributed by atoms with E-state index in [-0.39, 0.29) is 11.5 Å². The summed E-state index contributed by atoms with van der Waals surface area (Å²) in [4.78, 5) is 21.5. The first-order valence-corrected chi connectivity index (χ1v) is 9.73. The van der Waals surface area contributed by atoms with Crippen LogP contribution in [0.15, 0.2) is 30.5 Å². The number of benzene rings is 1. The third-order valence-corrected chi connectivity index (χ3v) is 7.11. The van der Waals surface area contributed by atoms with Crippen molar-refractivity contribution in [3.05, 3.63) is 36.2 Å². The number of ether oxygens (including phenoxy) is 1. The van der Waals surface area contributed by atoms with Crippen LogP contribution in [0.3, 0.4) is 0 Å². The number of amides is 1. The number of nitrogens with one attached hydrogen (secondary N) is 1. The molecular weight excluding hydrogens is 326 g/mol. The summed E-state index contributed by atoms with van der Waals surface area (Å²) in [6.45, 7) is 0.575. The van der Waals surface area contributed by atoms with E-state index in [2.05, 4.69) is 15.3 Å². The van der Waals surface area contributed by atoms with Gasteiger partial charge >= 0.3 is 0 Å². The molecule has 0 radical (unpaired) electrons. The molecule has 136 valence electrons. The number of nitrogens with zero attached hydrogens (tertiary/aromatic N) is 2. The van der Waals surface area contributed by atoms with Gasteiger partial charge in [-0.25, -0.2) is 4.98 Å². The predicted molar refractivity (Wildman–Crippen MR) is 98.7 cm³/mol. The van der Waals surface area contributed by atoms with E-state index in [4.69, 9.17) is 4.74 Å². The molecule has 1 amide bonds. The van der Waals surface area contributed by atoms with Gasteiger partial charge in [0.1, 0.15) is 5.69 Å². The van der Waals surface area contributed by atoms with Gasteiger partial charge in [0.2, 0.25) is 0 Å². The van der Waals surface area contributed by atoms with E-state index < -0.39 is 0 Å². The standard InChI is InChI=1S/C21H25N3O2/c1-26-21(15-7-13-6-14(9-15)10-16(21)8-13)12-23-20(25)19-11-22-17-4-2-3-5-18(17)24-19/h2-5,11,13-16H,6-10,12H2,1H3,(H,23,25). The van der Waals surface area contributed by atoms with Gasteiger partial charge in [-0.2, -0.15) is 0 Å². The largest absolute Gasteiger partial charge is 0.376 e. The number of carbonyl (C=O) groups is 1. The van der Waals surface area contributed by atoms with Crippen molar-refractivity contribution in [1.82, 2.24) is 15.3 Å². The maximum atomic E-state index is 12.7. The molecule has 4 bridgehead atoms. The van der Waals surface area contributed by atoms with Crippen LogP contribution in [0.5, 0.6) is 0 Å². The highest BCUT2D eigenvalue weighted by Gasteiger charge is 2.57. The average molecular weight is 351 g/mol. The molecule has 0 spiro atoms. The molecule has 26 heavy (non-hydrogen) atoms. The minimum Gasteiger partial charge on any atom is -0.376 e. The SMILES string of the molecule is COC1(CNC(=O)c2cnc3ccccc3n2)C2CC3CC(C2)CC1C3. The van der Waals surface area contributed by atoms with Crippen molar-refractivity contribution < 1.29 is 9.53 Å². The van der Waals surface area contributed by atoms with Crippen LogP contribution in [0.4, 0.5) is 0 Å². The lowest BCUT2D eigenvalue weighted by molar-refractivity contribution is -0.186. The minimum atomic E-state index is -0.201. The normalized spacial score (nSPS) is 35.0. The number of hydrogen-bond donors (Lipinski definition) is 1. The summed E-state index contributed by atoms with van der Waals surface area (Å²) in [6, 6.07) is 7.62. The zero-order valence-corrected chi connectivity index (χ0v) is 15.1. The molecule has 4 saturated carbocycles. The molecule has 5 nitrogen and oxygen atoms in total. The minimum absolute atomic E-state index is 0.159. The van der Waals surface area contributed by atoms with Crippen molar-refractivity contribution in [3.8, 4) is 0 Å². The van der Waals surface area contributed by atoms with Gasteiger partial charge in [-0.1, -0.05) is 12.1 Å². The molecule has 1 N–H and O–H groups in total. The molecule has 4 aliphatic rings. The first kappa shape index (κ1) is 16.2. The molecule has 4 aliphatic carbocycles. The third-order valence-electron chi connectivity index (χ3n) is 7.11. The fraction of sp³-hybridized carbons (Fsp3) is 0.571. The molecule has 0 atom stereocenters. The second-order valence-electron chi connectivity index (χ2n) is 8.39. The van der Waals surface area contributed by atoms with Crippen molar-refractivity contribution in [3.63, 3.8) is 0 Å². The second-order valence-corrected chi connectivity index (χ2v) is 8.39. The fourth-order valence-corrected chi connectivity index (χ4v) is 6.05. The quantitative estimate of drug-likeness (QED) is 0.919. The topological polar surface area (TPSA) is 64.1 Å². The summed E-state index contributed by atoms with van der Waals surface area (Å²) in [6.07, 6.45) is 8.00. The lowest BCUT2D eigenvalue weighted by atomic mass is 9.49. The highest BCUT2D eigenvalue weighted by atomic mass is 16.5. The van der Waals surface area contributed by atoms with Crippen LogP contribution in [0.25, 0.3) is 11.0 Å². The zero-order valence-electron chi connectivity index (χ0n) is 15.1. The second kappa shape index (κ2) is 6.02. The van der Waals surface area contributed by atoms with Gasteiger partial charge in [0, 0.05) is 13.7 Å². The summed E-state index contributed by atoms with van der Waals surface area (Å²) in [5, 5.41) is 3.12.